The summed E-state index contributed by atoms with van der Waals surface area (Å²) in [6.45, 7) is 0. The fourth-order valence-electron chi connectivity index (χ4n) is 1.93. The molecule has 15 heavy (non-hydrogen) atoms. The Hall–Kier alpha value is -1.61. The molecule has 1 aliphatic carbocycles. The van der Waals surface area contributed by atoms with Crippen LogP contribution in [0, 0.1) is 0 Å². The molecule has 0 bridgehead atoms. The fraction of sp³-hybridized carbons (Fsp3) is 0.250. The Bertz CT molecular complexity index is 461. The molecule has 2 atom stereocenters. The molecule has 1 aromatic carbocycles. The SMILES string of the molecule is N[C@H]1C[C@@H]1c1ccnn1-c1ccccc1. The average molecular weight is 199 g/mol. The summed E-state index contributed by atoms with van der Waals surface area (Å²) in [6.07, 6.45) is 2.92. The number of nitrogens with zero attached hydrogens (tertiary/aromatic N) is 2. The summed E-state index contributed by atoms with van der Waals surface area (Å²) in [6, 6.07) is 12.6. The van der Waals surface area contributed by atoms with Crippen LogP contribution in [-0.4, -0.2) is 15.8 Å². The molecule has 0 saturated heterocycles. The quantitative estimate of drug-likeness (QED) is 0.799. The maximum atomic E-state index is 5.86. The van der Waals surface area contributed by atoms with E-state index in [9.17, 15) is 0 Å². The molecule has 0 spiro atoms. The topological polar surface area (TPSA) is 43.8 Å². The molecule has 1 aliphatic rings. The van der Waals surface area contributed by atoms with E-state index in [0.717, 1.165) is 12.1 Å². The lowest BCUT2D eigenvalue weighted by atomic mass is 10.2. The predicted octanol–water partition coefficient (Wildman–Crippen LogP) is 1.69. The minimum Gasteiger partial charge on any atom is -0.327 e. The number of para-hydroxylation sites is 1. The van der Waals surface area contributed by atoms with Crippen molar-refractivity contribution in [1.82, 2.24) is 9.78 Å². The third kappa shape index (κ3) is 1.45. The first-order chi connectivity index (χ1) is 7.36. The van der Waals surface area contributed by atoms with Crippen LogP contribution >= 0.6 is 0 Å². The summed E-state index contributed by atoms with van der Waals surface area (Å²) in [5, 5.41) is 4.34. The summed E-state index contributed by atoms with van der Waals surface area (Å²) in [5.41, 5.74) is 8.20. The van der Waals surface area contributed by atoms with Crippen LogP contribution in [0.2, 0.25) is 0 Å². The number of hydrogen-bond donors (Lipinski definition) is 1. The number of nitrogens with two attached hydrogens (primary N) is 1. The zero-order chi connectivity index (χ0) is 10.3. The Labute approximate surface area is 88.5 Å². The van der Waals surface area contributed by atoms with Gasteiger partial charge in [-0.25, -0.2) is 4.68 Å². The lowest BCUT2D eigenvalue weighted by molar-refractivity contribution is 0.795. The van der Waals surface area contributed by atoms with Crippen molar-refractivity contribution in [3.05, 3.63) is 48.3 Å². The molecule has 3 nitrogen and oxygen atoms in total. The highest BCUT2D eigenvalue weighted by molar-refractivity contribution is 5.35. The smallest absolute Gasteiger partial charge is 0.0648 e. The molecule has 1 fully saturated rings. The third-order valence-electron chi connectivity index (χ3n) is 2.89. The maximum Gasteiger partial charge on any atom is 0.0648 e. The number of rotatable bonds is 2. The first kappa shape index (κ1) is 8.68. The van der Waals surface area contributed by atoms with Crippen molar-refractivity contribution in [2.24, 2.45) is 5.73 Å². The lowest BCUT2D eigenvalue weighted by Crippen LogP contribution is -2.06. The third-order valence-corrected chi connectivity index (χ3v) is 2.89. The number of hydrogen-bond acceptors (Lipinski definition) is 2. The van der Waals surface area contributed by atoms with Gasteiger partial charge in [-0.3, -0.25) is 0 Å². The van der Waals surface area contributed by atoms with Gasteiger partial charge in [-0.05, 0) is 24.6 Å². The van der Waals surface area contributed by atoms with Gasteiger partial charge < -0.3 is 5.73 Å². The van der Waals surface area contributed by atoms with E-state index in [1.54, 1.807) is 0 Å². The first-order valence-electron chi connectivity index (χ1n) is 5.21. The molecule has 2 aromatic rings. The van der Waals surface area contributed by atoms with Gasteiger partial charge in [-0.15, -0.1) is 0 Å². The van der Waals surface area contributed by atoms with Crippen molar-refractivity contribution in [2.45, 2.75) is 18.4 Å². The fourth-order valence-corrected chi connectivity index (χ4v) is 1.93. The lowest BCUT2D eigenvalue weighted by Gasteiger charge is -2.05. The van der Waals surface area contributed by atoms with Crippen LogP contribution in [0.3, 0.4) is 0 Å². The molecule has 3 rings (SSSR count). The van der Waals surface area contributed by atoms with Crippen LogP contribution in [0.1, 0.15) is 18.0 Å². The van der Waals surface area contributed by atoms with Gasteiger partial charge in [-0.1, -0.05) is 18.2 Å². The van der Waals surface area contributed by atoms with Gasteiger partial charge in [-0.2, -0.15) is 5.10 Å². The van der Waals surface area contributed by atoms with Crippen LogP contribution in [0.15, 0.2) is 42.6 Å². The zero-order valence-corrected chi connectivity index (χ0v) is 8.38. The summed E-state index contributed by atoms with van der Waals surface area (Å²) in [7, 11) is 0. The van der Waals surface area contributed by atoms with E-state index in [0.29, 0.717) is 12.0 Å². The first-order valence-corrected chi connectivity index (χ1v) is 5.21. The monoisotopic (exact) mass is 199 g/mol. The Morgan fingerprint density at radius 3 is 2.60 bits per heavy atom. The predicted molar refractivity (Wildman–Crippen MR) is 58.9 cm³/mol. The molecule has 0 radical (unpaired) electrons. The molecule has 0 unspecified atom stereocenters. The molecule has 76 valence electrons. The molecular formula is C12H13N3. The van der Waals surface area contributed by atoms with Crippen LogP contribution in [0.4, 0.5) is 0 Å². The second-order valence-electron chi connectivity index (χ2n) is 4.01. The molecule has 0 aliphatic heterocycles. The van der Waals surface area contributed by atoms with Crippen LogP contribution < -0.4 is 5.73 Å². The van der Waals surface area contributed by atoms with Gasteiger partial charge in [0.2, 0.25) is 0 Å². The van der Waals surface area contributed by atoms with E-state index in [4.69, 9.17) is 5.73 Å². The minimum absolute atomic E-state index is 0.323. The van der Waals surface area contributed by atoms with Crippen LogP contribution in [-0.2, 0) is 0 Å². The van der Waals surface area contributed by atoms with Crippen molar-refractivity contribution in [1.29, 1.82) is 0 Å². The standard InChI is InChI=1S/C12H13N3/c13-11-8-10(11)12-6-7-14-15(12)9-4-2-1-3-5-9/h1-7,10-11H,8,13H2/t10-,11-/m0/s1. The zero-order valence-electron chi connectivity index (χ0n) is 8.38. The summed E-state index contributed by atoms with van der Waals surface area (Å²) in [4.78, 5) is 0. The van der Waals surface area contributed by atoms with E-state index in [1.165, 1.54) is 5.69 Å². The molecule has 1 aromatic heterocycles. The highest BCUT2D eigenvalue weighted by atomic mass is 15.3. The molecule has 0 amide bonds. The molecular weight excluding hydrogens is 186 g/mol. The van der Waals surface area contributed by atoms with E-state index in [-0.39, 0.29) is 0 Å². The van der Waals surface area contributed by atoms with Crippen molar-refractivity contribution < 1.29 is 0 Å². The van der Waals surface area contributed by atoms with Crippen molar-refractivity contribution in [2.75, 3.05) is 0 Å². The van der Waals surface area contributed by atoms with Gasteiger partial charge in [0, 0.05) is 23.9 Å². The highest BCUT2D eigenvalue weighted by Crippen LogP contribution is 2.39. The van der Waals surface area contributed by atoms with Gasteiger partial charge >= 0.3 is 0 Å². The van der Waals surface area contributed by atoms with Gasteiger partial charge in [0.25, 0.3) is 0 Å². The van der Waals surface area contributed by atoms with E-state index < -0.39 is 0 Å². The Balaban J connectivity index is 2.02. The van der Waals surface area contributed by atoms with Crippen LogP contribution in [0.5, 0.6) is 0 Å². The highest BCUT2D eigenvalue weighted by Gasteiger charge is 2.37. The van der Waals surface area contributed by atoms with Gasteiger partial charge in [0.1, 0.15) is 0 Å². The largest absolute Gasteiger partial charge is 0.327 e. The van der Waals surface area contributed by atoms with E-state index in [2.05, 4.69) is 23.3 Å². The Morgan fingerprint density at radius 1 is 1.20 bits per heavy atom. The average Bonchev–Trinajstić information content (AvgIpc) is 2.82. The second-order valence-corrected chi connectivity index (χ2v) is 4.01. The Morgan fingerprint density at radius 2 is 1.93 bits per heavy atom. The van der Waals surface area contributed by atoms with Gasteiger partial charge in [0.05, 0.1) is 5.69 Å². The van der Waals surface area contributed by atoms with Crippen LogP contribution in [0.25, 0.3) is 5.69 Å². The molecule has 1 saturated carbocycles. The van der Waals surface area contributed by atoms with Crippen molar-refractivity contribution in [3.63, 3.8) is 0 Å². The molecule has 2 N–H and O–H groups in total. The second kappa shape index (κ2) is 3.21. The molecule has 3 heteroatoms. The number of aromatic nitrogens is 2. The van der Waals surface area contributed by atoms with Crippen molar-refractivity contribution >= 4 is 0 Å². The van der Waals surface area contributed by atoms with E-state index in [1.807, 2.05) is 29.1 Å². The summed E-state index contributed by atoms with van der Waals surface area (Å²) < 4.78 is 1.98. The summed E-state index contributed by atoms with van der Waals surface area (Å²) >= 11 is 0. The molecule has 1 heterocycles. The summed E-state index contributed by atoms with van der Waals surface area (Å²) in [5.74, 6) is 0.493. The van der Waals surface area contributed by atoms with Gasteiger partial charge in [0.15, 0.2) is 0 Å². The Kier molecular flexibility index (Phi) is 1.86. The number of benzene rings is 1. The maximum absolute atomic E-state index is 5.86. The minimum atomic E-state index is 0.323. The van der Waals surface area contributed by atoms with Crippen molar-refractivity contribution in [3.8, 4) is 5.69 Å². The van der Waals surface area contributed by atoms with E-state index >= 15 is 0 Å². The normalized spacial score (nSPS) is 24.1.